The van der Waals surface area contributed by atoms with Gasteiger partial charge in [-0.3, -0.25) is 14.4 Å². The molecule has 0 heterocycles. The van der Waals surface area contributed by atoms with E-state index in [9.17, 15) is 14.4 Å². The molecule has 0 bridgehead atoms. The van der Waals surface area contributed by atoms with Crippen LogP contribution in [0.25, 0.3) is 6.08 Å². The molecule has 3 amide bonds. The van der Waals surface area contributed by atoms with Gasteiger partial charge in [0.1, 0.15) is 23.3 Å². The Hall–Kier alpha value is -6.09. The molecule has 6 aromatic carbocycles. The Morgan fingerprint density at radius 3 is 2.02 bits per heavy atom. The van der Waals surface area contributed by atoms with Crippen LogP contribution in [0.2, 0.25) is 5.02 Å². The van der Waals surface area contributed by atoms with Gasteiger partial charge in [0.25, 0.3) is 11.8 Å². The van der Waals surface area contributed by atoms with Gasteiger partial charge in [-0.1, -0.05) is 109 Å². The van der Waals surface area contributed by atoms with Gasteiger partial charge in [-0.15, -0.1) is 11.8 Å². The van der Waals surface area contributed by atoms with E-state index in [1.165, 1.54) is 11.8 Å². The number of carbonyl (C=O) groups excluding carboxylic acids is 3. The molecular weight excluding hydrogens is 690 g/mol. The van der Waals surface area contributed by atoms with Crippen LogP contribution in [-0.2, 0) is 16.2 Å². The Morgan fingerprint density at radius 2 is 1.33 bits per heavy atom. The Bertz CT molecular complexity index is 2150. The van der Waals surface area contributed by atoms with Crippen molar-refractivity contribution in [2.75, 3.05) is 10.6 Å². The van der Waals surface area contributed by atoms with Crippen molar-refractivity contribution in [3.63, 3.8) is 0 Å². The molecule has 7 nitrogen and oxygen atoms in total. The third-order valence-electron chi connectivity index (χ3n) is 7.77. The number of rotatable bonds is 13. The molecule has 0 saturated heterocycles. The molecular formula is C43H34ClN3O4S. The summed E-state index contributed by atoms with van der Waals surface area (Å²) in [6.07, 6.45) is 1.61. The van der Waals surface area contributed by atoms with Gasteiger partial charge in [0.05, 0.1) is 0 Å². The first-order chi connectivity index (χ1) is 25.4. The monoisotopic (exact) mass is 723 g/mol. The van der Waals surface area contributed by atoms with Crippen LogP contribution >= 0.6 is 23.4 Å². The zero-order chi connectivity index (χ0) is 36.1. The lowest BCUT2D eigenvalue weighted by Crippen LogP contribution is -2.30. The number of halogens is 1. The van der Waals surface area contributed by atoms with E-state index in [1.54, 1.807) is 72.8 Å². The van der Waals surface area contributed by atoms with E-state index in [4.69, 9.17) is 16.3 Å². The van der Waals surface area contributed by atoms with Crippen LogP contribution in [0.4, 0.5) is 11.4 Å². The number of nitrogens with one attached hydrogen (secondary N) is 3. The van der Waals surface area contributed by atoms with Gasteiger partial charge < -0.3 is 20.7 Å². The summed E-state index contributed by atoms with van der Waals surface area (Å²) in [5.41, 5.74) is 4.13. The number of anilines is 2. The average molecular weight is 724 g/mol. The molecule has 0 fully saturated rings. The molecule has 0 aliphatic heterocycles. The van der Waals surface area contributed by atoms with Gasteiger partial charge in [0.15, 0.2) is 0 Å². The van der Waals surface area contributed by atoms with Gasteiger partial charge in [-0.2, -0.15) is 0 Å². The number of ether oxygens (including phenoxy) is 1. The lowest BCUT2D eigenvalue weighted by Gasteiger charge is -2.18. The molecule has 0 spiro atoms. The number of hydrogen-bond donors (Lipinski definition) is 3. The second-order valence-corrected chi connectivity index (χ2v) is 13.2. The zero-order valence-corrected chi connectivity index (χ0v) is 29.4. The van der Waals surface area contributed by atoms with Gasteiger partial charge in [0, 0.05) is 26.9 Å². The van der Waals surface area contributed by atoms with E-state index in [2.05, 4.69) is 16.0 Å². The van der Waals surface area contributed by atoms with Crippen LogP contribution in [0.1, 0.15) is 32.3 Å². The molecule has 1 atom stereocenters. The molecule has 0 aliphatic carbocycles. The normalized spacial score (nSPS) is 11.6. The number of carbonyl (C=O) groups is 3. The molecule has 0 aromatic heterocycles. The van der Waals surface area contributed by atoms with Crippen molar-refractivity contribution < 1.29 is 19.1 Å². The summed E-state index contributed by atoms with van der Waals surface area (Å²) in [4.78, 5) is 41.3. The standard InChI is InChI=1S/C43H34ClN3O4S/c44-34-21-23-35(24-22-34)45-43(50)40(32-13-6-2-7-14-32)52-38-18-10-17-36(28-38)46-42(49)39(47-41(48)33-15-8-3-9-16-33)27-30-19-25-37(26-20-30)51-29-31-11-4-1-5-12-31/h1-28,40H,29H2,(H,45,50)(H,46,49)(H,47,48)/b39-27-. The average Bonchev–Trinajstić information content (AvgIpc) is 3.18. The van der Waals surface area contributed by atoms with Crippen LogP contribution in [0.5, 0.6) is 5.75 Å². The quantitative estimate of drug-likeness (QED) is 0.0815. The van der Waals surface area contributed by atoms with Crippen molar-refractivity contribution in [1.29, 1.82) is 0 Å². The minimum Gasteiger partial charge on any atom is -0.489 e. The molecule has 0 aliphatic rings. The highest BCUT2D eigenvalue weighted by molar-refractivity contribution is 8.00. The highest BCUT2D eigenvalue weighted by Gasteiger charge is 2.23. The Labute approximate surface area is 311 Å². The summed E-state index contributed by atoms with van der Waals surface area (Å²) in [5.74, 6) is -0.481. The second kappa shape index (κ2) is 17.7. The van der Waals surface area contributed by atoms with E-state index in [-0.39, 0.29) is 11.6 Å². The molecule has 1 unspecified atom stereocenters. The fraction of sp³-hybridized carbons (Fsp3) is 0.0465. The maximum Gasteiger partial charge on any atom is 0.272 e. The molecule has 258 valence electrons. The summed E-state index contributed by atoms with van der Waals surface area (Å²) in [6.45, 7) is 0.424. The van der Waals surface area contributed by atoms with E-state index in [0.29, 0.717) is 39.9 Å². The summed E-state index contributed by atoms with van der Waals surface area (Å²) in [6, 6.07) is 49.5. The summed E-state index contributed by atoms with van der Waals surface area (Å²) in [5, 5.41) is 8.67. The van der Waals surface area contributed by atoms with Crippen molar-refractivity contribution in [2.45, 2.75) is 16.8 Å². The van der Waals surface area contributed by atoms with E-state index < -0.39 is 17.1 Å². The van der Waals surface area contributed by atoms with Crippen molar-refractivity contribution in [3.8, 4) is 5.75 Å². The van der Waals surface area contributed by atoms with Gasteiger partial charge >= 0.3 is 0 Å². The second-order valence-electron chi connectivity index (χ2n) is 11.6. The Balaban J connectivity index is 1.20. The minimum atomic E-state index is -0.594. The van der Waals surface area contributed by atoms with Crippen molar-refractivity contribution in [3.05, 3.63) is 197 Å². The molecule has 9 heteroatoms. The van der Waals surface area contributed by atoms with Crippen molar-refractivity contribution >= 4 is 58.5 Å². The number of thioether (sulfide) groups is 1. The molecule has 6 aromatic rings. The number of benzene rings is 6. The number of hydrogen-bond acceptors (Lipinski definition) is 5. The summed E-state index contributed by atoms with van der Waals surface area (Å²) >= 11 is 7.39. The minimum absolute atomic E-state index is 0.0503. The van der Waals surface area contributed by atoms with Crippen LogP contribution in [0.15, 0.2) is 174 Å². The molecule has 52 heavy (non-hydrogen) atoms. The molecule has 0 radical (unpaired) electrons. The first kappa shape index (κ1) is 35.7. The van der Waals surface area contributed by atoms with Gasteiger partial charge in [0.2, 0.25) is 5.91 Å². The maximum atomic E-state index is 13.8. The smallest absolute Gasteiger partial charge is 0.272 e. The third kappa shape index (κ3) is 10.2. The van der Waals surface area contributed by atoms with Crippen molar-refractivity contribution in [1.82, 2.24) is 5.32 Å². The summed E-state index contributed by atoms with van der Waals surface area (Å²) < 4.78 is 5.91. The SMILES string of the molecule is O=C(Nc1cccc(SC(C(=O)Nc2ccc(Cl)cc2)c2ccccc2)c1)/C(=C/c1ccc(OCc2ccccc2)cc1)NC(=O)c1ccccc1. The van der Waals surface area contributed by atoms with Crippen LogP contribution in [0, 0.1) is 0 Å². The molecule has 0 saturated carbocycles. The number of amides is 3. The fourth-order valence-electron chi connectivity index (χ4n) is 5.13. The predicted molar refractivity (Wildman–Crippen MR) is 209 cm³/mol. The Kier molecular flexibility index (Phi) is 12.2. The Morgan fingerprint density at radius 1 is 0.673 bits per heavy atom. The maximum absolute atomic E-state index is 13.8. The van der Waals surface area contributed by atoms with Crippen LogP contribution in [-0.4, -0.2) is 17.7 Å². The zero-order valence-electron chi connectivity index (χ0n) is 27.9. The highest BCUT2D eigenvalue weighted by atomic mass is 35.5. The van der Waals surface area contributed by atoms with Crippen molar-refractivity contribution in [2.24, 2.45) is 0 Å². The topological polar surface area (TPSA) is 96.5 Å². The summed E-state index contributed by atoms with van der Waals surface area (Å²) in [7, 11) is 0. The van der Waals surface area contributed by atoms with E-state index in [1.807, 2.05) is 97.1 Å². The van der Waals surface area contributed by atoms with Gasteiger partial charge in [-0.25, -0.2) is 0 Å². The lowest BCUT2D eigenvalue weighted by atomic mass is 10.1. The lowest BCUT2D eigenvalue weighted by molar-refractivity contribution is -0.116. The largest absolute Gasteiger partial charge is 0.489 e. The predicted octanol–water partition coefficient (Wildman–Crippen LogP) is 9.80. The first-order valence-electron chi connectivity index (χ1n) is 16.4. The molecule has 3 N–H and O–H groups in total. The van der Waals surface area contributed by atoms with Gasteiger partial charge in [-0.05, 0) is 89.5 Å². The van der Waals surface area contributed by atoms with E-state index >= 15 is 0 Å². The first-order valence-corrected chi connectivity index (χ1v) is 17.7. The van der Waals surface area contributed by atoms with Crippen LogP contribution < -0.4 is 20.7 Å². The fourth-order valence-corrected chi connectivity index (χ4v) is 6.34. The third-order valence-corrected chi connectivity index (χ3v) is 9.27. The van der Waals surface area contributed by atoms with Crippen LogP contribution in [0.3, 0.4) is 0 Å². The highest BCUT2D eigenvalue weighted by Crippen LogP contribution is 2.37. The van der Waals surface area contributed by atoms with E-state index in [0.717, 1.165) is 16.0 Å². The molecule has 6 rings (SSSR count).